The third-order valence-electron chi connectivity index (χ3n) is 4.77. The zero-order valence-corrected chi connectivity index (χ0v) is 12.8. The number of benzene rings is 1. The van der Waals surface area contributed by atoms with Gasteiger partial charge in [0, 0.05) is 31.9 Å². The molecule has 0 unspecified atom stereocenters. The molecule has 3 rings (SSSR count). The van der Waals surface area contributed by atoms with E-state index in [9.17, 15) is 4.39 Å². The Labute approximate surface area is 126 Å². The normalized spacial score (nSPS) is 26.1. The second-order valence-electron chi connectivity index (χ2n) is 6.21. The van der Waals surface area contributed by atoms with Gasteiger partial charge in [-0.15, -0.1) is 0 Å². The highest BCUT2D eigenvalue weighted by Gasteiger charge is 2.21. The van der Waals surface area contributed by atoms with Gasteiger partial charge in [0.2, 0.25) is 0 Å². The molecule has 3 nitrogen and oxygen atoms in total. The summed E-state index contributed by atoms with van der Waals surface area (Å²) in [6.07, 6.45) is 7.09. The zero-order valence-electron chi connectivity index (χ0n) is 12.8. The van der Waals surface area contributed by atoms with Crippen molar-refractivity contribution < 1.29 is 9.13 Å². The molecule has 2 fully saturated rings. The van der Waals surface area contributed by atoms with E-state index < -0.39 is 0 Å². The SMILES string of the molecule is COC1CCC(Nc2ccc(N3CCCC3)c(F)c2)CC1. The lowest BCUT2D eigenvalue weighted by Gasteiger charge is -2.29. The molecule has 0 bridgehead atoms. The van der Waals surface area contributed by atoms with Crippen molar-refractivity contribution in [3.63, 3.8) is 0 Å². The first-order valence-corrected chi connectivity index (χ1v) is 8.10. The largest absolute Gasteiger partial charge is 0.382 e. The van der Waals surface area contributed by atoms with E-state index in [0.717, 1.165) is 50.1 Å². The molecular weight excluding hydrogens is 267 g/mol. The molecule has 2 aliphatic rings. The number of hydrogen-bond donors (Lipinski definition) is 1. The van der Waals surface area contributed by atoms with E-state index in [0.29, 0.717) is 12.1 Å². The molecule has 0 radical (unpaired) electrons. The smallest absolute Gasteiger partial charge is 0.148 e. The molecule has 1 saturated carbocycles. The zero-order chi connectivity index (χ0) is 14.7. The maximum Gasteiger partial charge on any atom is 0.148 e. The minimum absolute atomic E-state index is 0.104. The highest BCUT2D eigenvalue weighted by Crippen LogP contribution is 2.28. The molecule has 4 heteroatoms. The van der Waals surface area contributed by atoms with Gasteiger partial charge in [-0.3, -0.25) is 0 Å². The average molecular weight is 292 g/mol. The summed E-state index contributed by atoms with van der Waals surface area (Å²) < 4.78 is 19.7. The van der Waals surface area contributed by atoms with Crippen LogP contribution >= 0.6 is 0 Å². The van der Waals surface area contributed by atoms with Crippen molar-refractivity contribution in [2.24, 2.45) is 0 Å². The number of methoxy groups -OCH3 is 1. The van der Waals surface area contributed by atoms with Gasteiger partial charge in [0.05, 0.1) is 11.8 Å². The maximum atomic E-state index is 14.3. The number of anilines is 2. The molecule has 0 aromatic heterocycles. The summed E-state index contributed by atoms with van der Waals surface area (Å²) in [5.74, 6) is -0.104. The van der Waals surface area contributed by atoms with E-state index in [1.54, 1.807) is 13.2 Å². The Hall–Kier alpha value is -1.29. The minimum atomic E-state index is -0.104. The van der Waals surface area contributed by atoms with Crippen molar-refractivity contribution in [1.82, 2.24) is 0 Å². The number of halogens is 1. The Balaban J connectivity index is 1.60. The monoisotopic (exact) mass is 292 g/mol. The molecule has 1 saturated heterocycles. The second kappa shape index (κ2) is 6.65. The van der Waals surface area contributed by atoms with E-state index >= 15 is 0 Å². The minimum Gasteiger partial charge on any atom is -0.382 e. The summed E-state index contributed by atoms with van der Waals surface area (Å²) in [6, 6.07) is 6.02. The van der Waals surface area contributed by atoms with Crippen molar-refractivity contribution in [2.75, 3.05) is 30.4 Å². The fourth-order valence-corrected chi connectivity index (χ4v) is 3.49. The van der Waals surface area contributed by atoms with Crippen molar-refractivity contribution in [1.29, 1.82) is 0 Å². The van der Waals surface area contributed by atoms with Gasteiger partial charge in [-0.25, -0.2) is 4.39 Å². The molecule has 1 N–H and O–H groups in total. The van der Waals surface area contributed by atoms with Gasteiger partial charge in [-0.2, -0.15) is 0 Å². The number of nitrogens with one attached hydrogen (secondary N) is 1. The molecule has 0 atom stereocenters. The van der Waals surface area contributed by atoms with E-state index in [1.165, 1.54) is 12.8 Å². The molecule has 21 heavy (non-hydrogen) atoms. The molecule has 1 aromatic carbocycles. The number of rotatable bonds is 4. The van der Waals surface area contributed by atoms with Crippen LogP contribution in [-0.4, -0.2) is 32.3 Å². The predicted octanol–water partition coefficient (Wildman–Crippen LogP) is 3.80. The van der Waals surface area contributed by atoms with E-state index in [1.807, 2.05) is 12.1 Å². The summed E-state index contributed by atoms with van der Waals surface area (Å²) >= 11 is 0. The Morgan fingerprint density at radius 1 is 1.14 bits per heavy atom. The Kier molecular flexibility index (Phi) is 4.63. The van der Waals surface area contributed by atoms with Crippen LogP contribution in [-0.2, 0) is 4.74 Å². The summed E-state index contributed by atoms with van der Waals surface area (Å²) in [4.78, 5) is 2.14. The lowest BCUT2D eigenvalue weighted by atomic mass is 9.93. The summed E-state index contributed by atoms with van der Waals surface area (Å²) in [7, 11) is 1.78. The van der Waals surface area contributed by atoms with Crippen LogP contribution in [0.4, 0.5) is 15.8 Å². The fraction of sp³-hybridized carbons (Fsp3) is 0.647. The molecule has 1 aliphatic heterocycles. The van der Waals surface area contributed by atoms with Gasteiger partial charge in [-0.05, 0) is 56.7 Å². The molecule has 0 spiro atoms. The van der Waals surface area contributed by atoms with Crippen LogP contribution in [0.1, 0.15) is 38.5 Å². The van der Waals surface area contributed by atoms with Crippen LogP contribution in [0.25, 0.3) is 0 Å². The molecular formula is C17H25FN2O. The highest BCUT2D eigenvalue weighted by molar-refractivity contribution is 5.57. The van der Waals surface area contributed by atoms with Gasteiger partial charge in [0.25, 0.3) is 0 Å². The highest BCUT2D eigenvalue weighted by atomic mass is 19.1. The van der Waals surface area contributed by atoms with Crippen molar-refractivity contribution in [3.05, 3.63) is 24.0 Å². The summed E-state index contributed by atoms with van der Waals surface area (Å²) in [5, 5.41) is 3.47. The van der Waals surface area contributed by atoms with Crippen LogP contribution in [0.3, 0.4) is 0 Å². The Bertz CT molecular complexity index is 466. The number of ether oxygens (including phenoxy) is 1. The number of hydrogen-bond acceptors (Lipinski definition) is 3. The van der Waals surface area contributed by atoms with Crippen molar-refractivity contribution in [2.45, 2.75) is 50.7 Å². The first-order chi connectivity index (χ1) is 10.3. The van der Waals surface area contributed by atoms with Crippen LogP contribution in [0.2, 0.25) is 0 Å². The van der Waals surface area contributed by atoms with Gasteiger partial charge in [0.15, 0.2) is 0 Å². The predicted molar refractivity (Wildman–Crippen MR) is 84.5 cm³/mol. The van der Waals surface area contributed by atoms with Gasteiger partial charge < -0.3 is 15.0 Å². The average Bonchev–Trinajstić information content (AvgIpc) is 3.02. The quantitative estimate of drug-likeness (QED) is 0.913. The van der Waals surface area contributed by atoms with E-state index in [-0.39, 0.29) is 5.82 Å². The standard InChI is InChI=1S/C17H25FN2O/c1-21-15-7-4-13(5-8-15)19-14-6-9-17(16(18)12-14)20-10-2-3-11-20/h6,9,12-13,15,19H,2-5,7-8,10-11H2,1H3. The number of nitrogens with zero attached hydrogens (tertiary/aromatic N) is 1. The molecule has 1 heterocycles. The lowest BCUT2D eigenvalue weighted by molar-refractivity contribution is 0.0682. The van der Waals surface area contributed by atoms with Gasteiger partial charge >= 0.3 is 0 Å². The van der Waals surface area contributed by atoms with Gasteiger partial charge in [0.1, 0.15) is 5.82 Å². The van der Waals surface area contributed by atoms with Gasteiger partial charge in [-0.1, -0.05) is 0 Å². The fourth-order valence-electron chi connectivity index (χ4n) is 3.49. The first kappa shape index (κ1) is 14.6. The van der Waals surface area contributed by atoms with Crippen molar-refractivity contribution in [3.8, 4) is 0 Å². The van der Waals surface area contributed by atoms with E-state index in [2.05, 4.69) is 10.2 Å². The van der Waals surface area contributed by atoms with Crippen LogP contribution in [0.5, 0.6) is 0 Å². The van der Waals surface area contributed by atoms with Crippen LogP contribution in [0.15, 0.2) is 18.2 Å². The Morgan fingerprint density at radius 2 is 1.86 bits per heavy atom. The third kappa shape index (κ3) is 3.49. The van der Waals surface area contributed by atoms with Crippen LogP contribution in [0, 0.1) is 5.82 Å². The molecule has 116 valence electrons. The molecule has 0 amide bonds. The summed E-state index contributed by atoms with van der Waals surface area (Å²) in [6.45, 7) is 1.95. The summed E-state index contributed by atoms with van der Waals surface area (Å²) in [5.41, 5.74) is 1.65. The first-order valence-electron chi connectivity index (χ1n) is 8.10. The molecule has 1 aromatic rings. The third-order valence-corrected chi connectivity index (χ3v) is 4.77. The topological polar surface area (TPSA) is 24.5 Å². The van der Waals surface area contributed by atoms with Crippen molar-refractivity contribution >= 4 is 11.4 Å². The second-order valence-corrected chi connectivity index (χ2v) is 6.21. The maximum absolute atomic E-state index is 14.3. The Morgan fingerprint density at radius 3 is 2.48 bits per heavy atom. The lowest BCUT2D eigenvalue weighted by Crippen LogP contribution is -2.29. The molecule has 1 aliphatic carbocycles. The van der Waals surface area contributed by atoms with E-state index in [4.69, 9.17) is 4.74 Å². The van der Waals surface area contributed by atoms with Crippen LogP contribution < -0.4 is 10.2 Å².